The monoisotopic (exact) mass is 373 g/mol. The first-order chi connectivity index (χ1) is 12.4. The molecule has 0 saturated heterocycles. The van der Waals surface area contributed by atoms with E-state index in [1.807, 2.05) is 0 Å². The van der Waals surface area contributed by atoms with Gasteiger partial charge in [0.15, 0.2) is 11.5 Å². The van der Waals surface area contributed by atoms with E-state index in [2.05, 4.69) is 14.8 Å². The Bertz CT molecular complexity index is 755. The molecule has 0 fully saturated rings. The van der Waals surface area contributed by atoms with E-state index in [-0.39, 0.29) is 29.4 Å². The van der Waals surface area contributed by atoms with Gasteiger partial charge in [-0.05, 0) is 35.9 Å². The molecule has 5 nitrogen and oxygen atoms in total. The van der Waals surface area contributed by atoms with Crippen LogP contribution in [-0.4, -0.2) is 26.2 Å². The van der Waals surface area contributed by atoms with Crippen LogP contribution in [0.15, 0.2) is 42.5 Å². The molecule has 2 aromatic rings. The molecule has 0 heterocycles. The molecule has 0 spiro atoms. The summed E-state index contributed by atoms with van der Waals surface area (Å²) in [6.07, 6.45) is 0. The fourth-order valence-corrected chi connectivity index (χ4v) is 2.11. The molecular weight excluding hydrogens is 358 g/mol. The third kappa shape index (κ3) is 5.54. The highest BCUT2D eigenvalue weighted by Gasteiger charge is 2.13. The molecule has 1 amide bonds. The fourth-order valence-electron chi connectivity index (χ4n) is 2.11. The van der Waals surface area contributed by atoms with Crippen LogP contribution >= 0.6 is 0 Å². The number of amides is 1. The number of carbonyl (C=O) groups excluding carboxylic acids is 1. The number of hydrogen-bond acceptors (Lipinski definition) is 4. The standard InChI is InChI=1S/C17H15F4NO4/c1-24-14-7-10(5-6-13(14)26-17(20)21)9-22-15(23)11-3-2-4-12(8-11)25-16(18)19/h2-8,16-17H,9H2,1H3,(H,22,23). The largest absolute Gasteiger partial charge is 0.493 e. The summed E-state index contributed by atoms with van der Waals surface area (Å²) in [5, 5.41) is 2.58. The van der Waals surface area contributed by atoms with Gasteiger partial charge in [0.1, 0.15) is 5.75 Å². The fraction of sp³-hybridized carbons (Fsp3) is 0.235. The Kier molecular flexibility index (Phi) is 6.65. The summed E-state index contributed by atoms with van der Waals surface area (Å²) in [6.45, 7) is -5.92. The Morgan fingerprint density at radius 1 is 1.00 bits per heavy atom. The minimum atomic E-state index is -2.99. The van der Waals surface area contributed by atoms with Gasteiger partial charge in [-0.25, -0.2) is 0 Å². The zero-order valence-electron chi connectivity index (χ0n) is 13.5. The Balaban J connectivity index is 2.03. The van der Waals surface area contributed by atoms with Crippen molar-refractivity contribution in [2.24, 2.45) is 0 Å². The molecule has 0 bridgehead atoms. The number of hydrogen-bond donors (Lipinski definition) is 1. The lowest BCUT2D eigenvalue weighted by molar-refractivity contribution is -0.0514. The molecule has 0 saturated carbocycles. The van der Waals surface area contributed by atoms with Crippen molar-refractivity contribution in [1.29, 1.82) is 0 Å². The van der Waals surface area contributed by atoms with Gasteiger partial charge in [0.05, 0.1) is 7.11 Å². The molecular formula is C17H15F4NO4. The topological polar surface area (TPSA) is 56.8 Å². The molecule has 0 aliphatic rings. The minimum Gasteiger partial charge on any atom is -0.493 e. The summed E-state index contributed by atoms with van der Waals surface area (Å²) in [4.78, 5) is 12.1. The molecule has 1 N–H and O–H groups in total. The van der Waals surface area contributed by atoms with Gasteiger partial charge in [-0.3, -0.25) is 4.79 Å². The smallest absolute Gasteiger partial charge is 0.387 e. The predicted octanol–water partition coefficient (Wildman–Crippen LogP) is 3.83. The van der Waals surface area contributed by atoms with Crippen LogP contribution < -0.4 is 19.5 Å². The molecule has 2 aromatic carbocycles. The second-order valence-electron chi connectivity index (χ2n) is 4.95. The van der Waals surface area contributed by atoms with Gasteiger partial charge in [0.2, 0.25) is 0 Å². The highest BCUT2D eigenvalue weighted by Crippen LogP contribution is 2.29. The van der Waals surface area contributed by atoms with Crippen LogP contribution in [0.25, 0.3) is 0 Å². The van der Waals surface area contributed by atoms with Gasteiger partial charge in [-0.2, -0.15) is 17.6 Å². The SMILES string of the molecule is COc1cc(CNC(=O)c2cccc(OC(F)F)c2)ccc1OC(F)F. The molecule has 0 aromatic heterocycles. The van der Waals surface area contributed by atoms with Gasteiger partial charge in [-0.1, -0.05) is 12.1 Å². The van der Waals surface area contributed by atoms with Crippen LogP contribution in [0.3, 0.4) is 0 Å². The van der Waals surface area contributed by atoms with Crippen molar-refractivity contribution < 1.29 is 36.6 Å². The lowest BCUT2D eigenvalue weighted by atomic mass is 10.1. The summed E-state index contributed by atoms with van der Waals surface area (Å²) in [6, 6.07) is 9.55. The summed E-state index contributed by atoms with van der Waals surface area (Å²) in [5.74, 6) is -0.696. The molecule has 2 rings (SSSR count). The van der Waals surface area contributed by atoms with Crippen LogP contribution in [0, 0.1) is 0 Å². The summed E-state index contributed by atoms with van der Waals surface area (Å²) in [5.41, 5.74) is 0.699. The number of rotatable bonds is 8. The number of methoxy groups -OCH3 is 1. The maximum absolute atomic E-state index is 12.3. The normalized spacial score (nSPS) is 10.7. The number of benzene rings is 2. The molecule has 0 atom stereocenters. The van der Waals surface area contributed by atoms with Gasteiger partial charge in [0, 0.05) is 12.1 Å². The van der Waals surface area contributed by atoms with Gasteiger partial charge in [0.25, 0.3) is 5.91 Å². The number of alkyl halides is 4. The van der Waals surface area contributed by atoms with Gasteiger partial charge < -0.3 is 19.5 Å². The van der Waals surface area contributed by atoms with E-state index >= 15 is 0 Å². The van der Waals surface area contributed by atoms with Crippen molar-refractivity contribution in [2.75, 3.05) is 7.11 Å². The van der Waals surface area contributed by atoms with Crippen molar-refractivity contribution in [1.82, 2.24) is 5.32 Å². The van der Waals surface area contributed by atoms with E-state index in [9.17, 15) is 22.4 Å². The first-order valence-electron chi connectivity index (χ1n) is 7.34. The molecule has 0 radical (unpaired) electrons. The molecule has 26 heavy (non-hydrogen) atoms. The number of carbonyl (C=O) groups is 1. The number of ether oxygens (including phenoxy) is 3. The predicted molar refractivity (Wildman–Crippen MR) is 83.9 cm³/mol. The van der Waals surface area contributed by atoms with Crippen molar-refractivity contribution in [3.8, 4) is 17.2 Å². The molecule has 0 aliphatic carbocycles. The quantitative estimate of drug-likeness (QED) is 0.715. The average molecular weight is 373 g/mol. The number of nitrogens with one attached hydrogen (secondary N) is 1. The molecule has 0 aliphatic heterocycles. The van der Waals surface area contributed by atoms with Crippen LogP contribution in [0.1, 0.15) is 15.9 Å². The Morgan fingerprint density at radius 3 is 2.38 bits per heavy atom. The number of halogens is 4. The minimum absolute atomic E-state index is 0.0596. The second kappa shape index (κ2) is 8.93. The summed E-state index contributed by atoms with van der Waals surface area (Å²) < 4.78 is 62.5. The third-order valence-electron chi connectivity index (χ3n) is 3.22. The van der Waals surface area contributed by atoms with Crippen molar-refractivity contribution in [3.05, 3.63) is 53.6 Å². The van der Waals surface area contributed by atoms with Crippen molar-refractivity contribution in [2.45, 2.75) is 19.8 Å². The highest BCUT2D eigenvalue weighted by molar-refractivity contribution is 5.94. The van der Waals surface area contributed by atoms with Crippen LogP contribution in [0.4, 0.5) is 17.6 Å². The zero-order chi connectivity index (χ0) is 19.1. The summed E-state index contributed by atoms with van der Waals surface area (Å²) >= 11 is 0. The average Bonchev–Trinajstić information content (AvgIpc) is 2.59. The first-order valence-corrected chi connectivity index (χ1v) is 7.34. The van der Waals surface area contributed by atoms with E-state index in [0.717, 1.165) is 0 Å². The molecule has 9 heteroatoms. The maximum Gasteiger partial charge on any atom is 0.387 e. The second-order valence-corrected chi connectivity index (χ2v) is 4.95. The van der Waals surface area contributed by atoms with Gasteiger partial charge >= 0.3 is 13.2 Å². The van der Waals surface area contributed by atoms with Crippen LogP contribution in [0.2, 0.25) is 0 Å². The lowest BCUT2D eigenvalue weighted by Crippen LogP contribution is -2.22. The summed E-state index contributed by atoms with van der Waals surface area (Å²) in [7, 11) is 1.30. The van der Waals surface area contributed by atoms with Crippen LogP contribution in [-0.2, 0) is 6.54 Å². The van der Waals surface area contributed by atoms with E-state index in [0.29, 0.717) is 5.56 Å². The Labute approximate surface area is 146 Å². The zero-order valence-corrected chi connectivity index (χ0v) is 13.5. The van der Waals surface area contributed by atoms with Gasteiger partial charge in [-0.15, -0.1) is 0 Å². The van der Waals surface area contributed by atoms with Crippen molar-refractivity contribution in [3.63, 3.8) is 0 Å². The molecule has 0 unspecified atom stereocenters. The Hall–Kier alpha value is -2.97. The highest BCUT2D eigenvalue weighted by atomic mass is 19.3. The lowest BCUT2D eigenvalue weighted by Gasteiger charge is -2.12. The van der Waals surface area contributed by atoms with E-state index in [4.69, 9.17) is 4.74 Å². The van der Waals surface area contributed by atoms with E-state index < -0.39 is 19.1 Å². The van der Waals surface area contributed by atoms with Crippen molar-refractivity contribution >= 4 is 5.91 Å². The van der Waals surface area contributed by atoms with Crippen LogP contribution in [0.5, 0.6) is 17.2 Å². The van der Waals surface area contributed by atoms with E-state index in [1.165, 1.54) is 49.6 Å². The maximum atomic E-state index is 12.3. The first kappa shape index (κ1) is 19.4. The molecule has 140 valence electrons. The third-order valence-corrected chi connectivity index (χ3v) is 3.22. The Morgan fingerprint density at radius 2 is 1.73 bits per heavy atom. The van der Waals surface area contributed by atoms with E-state index in [1.54, 1.807) is 0 Å².